The van der Waals surface area contributed by atoms with Gasteiger partial charge in [-0.1, -0.05) is 85.5 Å². The van der Waals surface area contributed by atoms with Gasteiger partial charge in [-0.2, -0.15) is 10.4 Å². The normalized spacial score (nSPS) is 11.1. The van der Waals surface area contributed by atoms with Crippen LogP contribution in [0.2, 0.25) is 0 Å². The van der Waals surface area contributed by atoms with Crippen LogP contribution in [0.15, 0.2) is 0 Å². The summed E-state index contributed by atoms with van der Waals surface area (Å²) in [6.45, 7) is 4.28. The third kappa shape index (κ3) is 27.5. The van der Waals surface area contributed by atoms with Gasteiger partial charge in [0.15, 0.2) is 0 Å². The highest BCUT2D eigenvalue weighted by Crippen LogP contribution is 2.10. The van der Waals surface area contributed by atoms with E-state index in [0.29, 0.717) is 6.54 Å². The highest BCUT2D eigenvalue weighted by molar-refractivity contribution is 9.09. The Morgan fingerprint density at radius 1 is 0.737 bits per heavy atom. The van der Waals surface area contributed by atoms with Gasteiger partial charge < -0.3 is 0 Å². The second kappa shape index (κ2) is 16.4. The zero-order valence-corrected chi connectivity index (χ0v) is 14.8. The molecule has 0 aliphatic heterocycles. The van der Waals surface area contributed by atoms with Gasteiger partial charge in [-0.3, -0.25) is 0 Å². The Morgan fingerprint density at radius 2 is 1.05 bits per heavy atom. The predicted molar refractivity (Wildman–Crippen MR) is 85.9 cm³/mol. The third-order valence-electron chi connectivity index (χ3n) is 3.09. The van der Waals surface area contributed by atoms with Gasteiger partial charge in [-0.05, 0) is 13.3 Å². The molecular formula is C15H35BrNO2+. The third-order valence-corrected chi connectivity index (χ3v) is 3.65. The van der Waals surface area contributed by atoms with Crippen molar-refractivity contribution in [2.75, 3.05) is 18.9 Å². The van der Waals surface area contributed by atoms with E-state index in [2.05, 4.69) is 22.9 Å². The summed E-state index contributed by atoms with van der Waals surface area (Å²) in [5, 5.41) is 17.8. The first-order chi connectivity index (χ1) is 8.97. The van der Waals surface area contributed by atoms with Gasteiger partial charge in [0.2, 0.25) is 0 Å². The summed E-state index contributed by atoms with van der Waals surface area (Å²) < 4.78 is 0. The molecule has 0 unspecified atom stereocenters. The highest BCUT2D eigenvalue weighted by atomic mass is 79.9. The van der Waals surface area contributed by atoms with Gasteiger partial charge in [0.1, 0.15) is 13.6 Å². The lowest BCUT2D eigenvalue weighted by Crippen LogP contribution is -2.35. The summed E-state index contributed by atoms with van der Waals surface area (Å²) in [5.41, 5.74) is 0. The van der Waals surface area contributed by atoms with E-state index < -0.39 is 4.81 Å². The summed E-state index contributed by atoms with van der Waals surface area (Å²) in [6.07, 6.45) is 14.3. The van der Waals surface area contributed by atoms with Crippen LogP contribution >= 0.6 is 15.9 Å². The zero-order chi connectivity index (χ0) is 15.0. The van der Waals surface area contributed by atoms with Crippen LogP contribution in [0.5, 0.6) is 0 Å². The summed E-state index contributed by atoms with van der Waals surface area (Å²) in [5.74, 6) is 0. The lowest BCUT2D eigenvalue weighted by Gasteiger charge is -2.10. The fraction of sp³-hybridized carbons (Fsp3) is 1.00. The predicted octanol–water partition coefficient (Wildman–Crippen LogP) is 5.53. The zero-order valence-electron chi connectivity index (χ0n) is 13.2. The van der Waals surface area contributed by atoms with Crippen molar-refractivity contribution >= 4 is 15.9 Å². The van der Waals surface area contributed by atoms with Crippen LogP contribution in [-0.2, 0) is 0 Å². The smallest absolute Gasteiger partial charge is 0.139 e. The molecule has 0 saturated carbocycles. The minimum atomic E-state index is -0.931. The molecule has 0 heterocycles. The number of hydrogen-bond acceptors (Lipinski definition) is 2. The van der Waals surface area contributed by atoms with Gasteiger partial charge in [0.05, 0.1) is 0 Å². The maximum absolute atomic E-state index is 8.32. The SMILES string of the molecule is CCCCCCCCCCCCBr.CC[N+](C)(O)O. The van der Waals surface area contributed by atoms with Crippen molar-refractivity contribution in [1.29, 1.82) is 0 Å². The molecule has 0 aromatic carbocycles. The largest absolute Gasteiger partial charge is 0.182 e. The van der Waals surface area contributed by atoms with E-state index in [9.17, 15) is 0 Å². The second-order valence-corrected chi connectivity index (χ2v) is 6.07. The first-order valence-electron chi connectivity index (χ1n) is 7.84. The Hall–Kier alpha value is 0.360. The molecule has 2 N–H and O–H groups in total. The first-order valence-corrected chi connectivity index (χ1v) is 8.97. The Bertz CT molecular complexity index is 151. The quantitative estimate of drug-likeness (QED) is 0.224. The molecule has 3 nitrogen and oxygen atoms in total. The van der Waals surface area contributed by atoms with E-state index in [1.54, 1.807) is 6.92 Å². The number of unbranched alkanes of at least 4 members (excludes halogenated alkanes) is 9. The monoisotopic (exact) mass is 340 g/mol. The molecular weight excluding hydrogens is 306 g/mol. The molecule has 4 heteroatoms. The number of rotatable bonds is 11. The molecule has 0 amide bonds. The minimum absolute atomic E-state index is 0.319. The Kier molecular flexibility index (Phi) is 18.7. The van der Waals surface area contributed by atoms with Crippen LogP contribution in [-0.4, -0.2) is 34.1 Å². The van der Waals surface area contributed by atoms with Crippen LogP contribution in [0.4, 0.5) is 0 Å². The van der Waals surface area contributed by atoms with Crippen LogP contribution in [0.3, 0.4) is 0 Å². The van der Waals surface area contributed by atoms with Crippen molar-refractivity contribution in [2.24, 2.45) is 0 Å². The molecule has 0 rings (SSSR count). The molecule has 0 bridgehead atoms. The molecule has 0 fully saturated rings. The summed E-state index contributed by atoms with van der Waals surface area (Å²) in [7, 11) is 1.29. The summed E-state index contributed by atoms with van der Waals surface area (Å²) in [4.78, 5) is -0.931. The molecule has 0 aromatic rings. The number of alkyl halides is 1. The number of hydroxylamine groups is 4. The van der Waals surface area contributed by atoms with Crippen LogP contribution < -0.4 is 0 Å². The van der Waals surface area contributed by atoms with E-state index in [1.807, 2.05) is 0 Å². The highest BCUT2D eigenvalue weighted by Gasteiger charge is 2.06. The number of nitrogens with zero attached hydrogens (tertiary/aromatic N) is 1. The van der Waals surface area contributed by atoms with Crippen molar-refractivity contribution in [3.63, 3.8) is 0 Å². The van der Waals surface area contributed by atoms with Crippen molar-refractivity contribution < 1.29 is 15.2 Å². The standard InChI is InChI=1S/C12H25Br.C3H10NO2/c1-2-3-4-5-6-7-8-9-10-11-12-13;1-3-4(2,5)6/h2-12H2,1H3;5-6H,3H2,1-2H3/q;+1. The van der Waals surface area contributed by atoms with Gasteiger partial charge in [-0.25, -0.2) is 0 Å². The van der Waals surface area contributed by atoms with Crippen LogP contribution in [0, 0.1) is 0 Å². The lowest BCUT2D eigenvalue weighted by molar-refractivity contribution is -1.23. The first kappa shape index (κ1) is 21.7. The fourth-order valence-electron chi connectivity index (χ4n) is 1.58. The average molecular weight is 341 g/mol. The average Bonchev–Trinajstić information content (AvgIpc) is 2.37. The molecule has 0 atom stereocenters. The van der Waals surface area contributed by atoms with Crippen LogP contribution in [0.1, 0.15) is 78.1 Å². The summed E-state index contributed by atoms with van der Waals surface area (Å²) >= 11 is 3.46. The molecule has 0 aliphatic rings. The van der Waals surface area contributed by atoms with E-state index in [1.165, 1.54) is 76.6 Å². The molecule has 0 aromatic heterocycles. The van der Waals surface area contributed by atoms with E-state index in [0.717, 1.165) is 0 Å². The van der Waals surface area contributed by atoms with E-state index in [-0.39, 0.29) is 0 Å². The van der Waals surface area contributed by atoms with E-state index in [4.69, 9.17) is 10.4 Å². The number of halogens is 1. The molecule has 0 saturated heterocycles. The molecule has 19 heavy (non-hydrogen) atoms. The fourth-order valence-corrected chi connectivity index (χ4v) is 1.98. The van der Waals surface area contributed by atoms with Crippen molar-refractivity contribution in [1.82, 2.24) is 0 Å². The molecule has 0 radical (unpaired) electrons. The van der Waals surface area contributed by atoms with Crippen LogP contribution in [0.25, 0.3) is 0 Å². The van der Waals surface area contributed by atoms with Gasteiger partial charge in [0, 0.05) is 5.33 Å². The summed E-state index contributed by atoms with van der Waals surface area (Å²) in [6, 6.07) is 0. The van der Waals surface area contributed by atoms with Crippen molar-refractivity contribution in [3.8, 4) is 0 Å². The number of hydrogen-bond donors (Lipinski definition) is 2. The van der Waals surface area contributed by atoms with Crippen molar-refractivity contribution in [2.45, 2.75) is 78.1 Å². The second-order valence-electron chi connectivity index (χ2n) is 5.28. The molecule has 0 aliphatic carbocycles. The van der Waals surface area contributed by atoms with Gasteiger partial charge >= 0.3 is 0 Å². The van der Waals surface area contributed by atoms with E-state index >= 15 is 0 Å². The maximum Gasteiger partial charge on any atom is 0.139 e. The molecule has 0 spiro atoms. The van der Waals surface area contributed by atoms with Crippen molar-refractivity contribution in [3.05, 3.63) is 0 Å². The van der Waals surface area contributed by atoms with Gasteiger partial charge in [-0.15, -0.1) is 0 Å². The lowest BCUT2D eigenvalue weighted by atomic mass is 10.1. The van der Waals surface area contributed by atoms with Gasteiger partial charge in [0.25, 0.3) is 0 Å². The molecule has 118 valence electrons. The maximum atomic E-state index is 8.32. The Morgan fingerprint density at radius 3 is 1.32 bits per heavy atom. The topological polar surface area (TPSA) is 40.5 Å². The Labute approximate surface area is 128 Å². The Balaban J connectivity index is 0. The number of quaternary nitrogens is 1. The minimum Gasteiger partial charge on any atom is -0.182 e.